The van der Waals surface area contributed by atoms with Crippen molar-refractivity contribution in [3.63, 3.8) is 0 Å². The van der Waals surface area contributed by atoms with E-state index in [1.54, 1.807) is 0 Å². The highest BCUT2D eigenvalue weighted by Gasteiger charge is 2.19. The second-order valence-electron chi connectivity index (χ2n) is 4.69. The molecule has 4 heteroatoms. The van der Waals surface area contributed by atoms with Gasteiger partial charge in [0, 0.05) is 5.41 Å². The molecular formula is C13H17NO3. The standard InChI is InChI=1S/C13H17NO3/c1-13(2,8-15)10-5-3-9(4-6-10)7-11(14)12(16)17/h3-6,8,11H,7,14H2,1-2H3,(H,16,17). The first-order valence-electron chi connectivity index (χ1n) is 5.41. The van der Waals surface area contributed by atoms with E-state index in [4.69, 9.17) is 10.8 Å². The Morgan fingerprint density at radius 1 is 1.41 bits per heavy atom. The van der Waals surface area contributed by atoms with E-state index in [9.17, 15) is 9.59 Å². The number of rotatable bonds is 5. The number of aliphatic carboxylic acids is 1. The summed E-state index contributed by atoms with van der Waals surface area (Å²) in [7, 11) is 0. The Bertz CT molecular complexity index is 409. The van der Waals surface area contributed by atoms with Gasteiger partial charge in [0.25, 0.3) is 0 Å². The van der Waals surface area contributed by atoms with Crippen LogP contribution < -0.4 is 5.73 Å². The van der Waals surface area contributed by atoms with E-state index in [1.807, 2.05) is 38.1 Å². The molecule has 0 aliphatic carbocycles. The molecule has 1 aromatic carbocycles. The summed E-state index contributed by atoms with van der Waals surface area (Å²) in [5, 5.41) is 8.69. The number of carbonyl (C=O) groups is 2. The molecule has 92 valence electrons. The third kappa shape index (κ3) is 3.39. The Labute approximate surface area is 100 Å². The highest BCUT2D eigenvalue weighted by atomic mass is 16.4. The monoisotopic (exact) mass is 235 g/mol. The molecule has 4 nitrogen and oxygen atoms in total. The summed E-state index contributed by atoms with van der Waals surface area (Å²) < 4.78 is 0. The first kappa shape index (κ1) is 13.4. The van der Waals surface area contributed by atoms with Crippen molar-refractivity contribution in [3.8, 4) is 0 Å². The zero-order chi connectivity index (χ0) is 13.1. The third-order valence-electron chi connectivity index (χ3n) is 2.77. The second-order valence-corrected chi connectivity index (χ2v) is 4.69. The molecule has 0 radical (unpaired) electrons. The van der Waals surface area contributed by atoms with Crippen LogP contribution in [0.15, 0.2) is 24.3 Å². The van der Waals surface area contributed by atoms with Gasteiger partial charge in [0.2, 0.25) is 0 Å². The fourth-order valence-electron chi connectivity index (χ4n) is 1.48. The van der Waals surface area contributed by atoms with Crippen molar-refractivity contribution in [1.82, 2.24) is 0 Å². The van der Waals surface area contributed by atoms with E-state index in [0.717, 1.165) is 17.4 Å². The van der Waals surface area contributed by atoms with Crippen LogP contribution in [0.25, 0.3) is 0 Å². The van der Waals surface area contributed by atoms with Crippen LogP contribution in [0.1, 0.15) is 25.0 Å². The van der Waals surface area contributed by atoms with Crippen LogP contribution in [-0.4, -0.2) is 23.4 Å². The highest BCUT2D eigenvalue weighted by Crippen LogP contribution is 2.21. The van der Waals surface area contributed by atoms with Crippen molar-refractivity contribution >= 4 is 12.3 Å². The van der Waals surface area contributed by atoms with Crippen LogP contribution in [0.2, 0.25) is 0 Å². The fraction of sp³-hybridized carbons (Fsp3) is 0.385. The number of carboxylic acids is 1. The average Bonchev–Trinajstić information content (AvgIpc) is 2.29. The molecule has 1 aromatic rings. The summed E-state index contributed by atoms with van der Waals surface area (Å²) in [5.74, 6) is -1.01. The summed E-state index contributed by atoms with van der Waals surface area (Å²) in [6.07, 6.45) is 1.18. The van der Waals surface area contributed by atoms with E-state index in [-0.39, 0.29) is 6.42 Å². The number of hydrogen-bond acceptors (Lipinski definition) is 3. The molecule has 0 bridgehead atoms. The molecule has 3 N–H and O–H groups in total. The zero-order valence-electron chi connectivity index (χ0n) is 10.0. The van der Waals surface area contributed by atoms with Crippen molar-refractivity contribution in [2.24, 2.45) is 5.73 Å². The summed E-state index contributed by atoms with van der Waals surface area (Å²) in [4.78, 5) is 21.5. The Morgan fingerprint density at radius 3 is 2.35 bits per heavy atom. The lowest BCUT2D eigenvalue weighted by atomic mass is 9.86. The number of benzene rings is 1. The smallest absolute Gasteiger partial charge is 0.320 e. The molecule has 1 rings (SSSR count). The van der Waals surface area contributed by atoms with Crippen molar-refractivity contribution in [2.45, 2.75) is 31.7 Å². The van der Waals surface area contributed by atoms with Crippen molar-refractivity contribution in [2.75, 3.05) is 0 Å². The number of aldehydes is 1. The van der Waals surface area contributed by atoms with Crippen molar-refractivity contribution in [1.29, 1.82) is 0 Å². The zero-order valence-corrected chi connectivity index (χ0v) is 10.0. The highest BCUT2D eigenvalue weighted by molar-refractivity contribution is 5.73. The summed E-state index contributed by atoms with van der Waals surface area (Å²) in [6.45, 7) is 3.66. The van der Waals surface area contributed by atoms with E-state index in [2.05, 4.69) is 0 Å². The van der Waals surface area contributed by atoms with Gasteiger partial charge < -0.3 is 15.6 Å². The molecule has 0 amide bonds. The maximum absolute atomic E-state index is 10.9. The van der Waals surface area contributed by atoms with Crippen LogP contribution in [0.4, 0.5) is 0 Å². The third-order valence-corrected chi connectivity index (χ3v) is 2.77. The van der Waals surface area contributed by atoms with Crippen LogP contribution in [-0.2, 0) is 21.4 Å². The van der Waals surface area contributed by atoms with Crippen molar-refractivity contribution < 1.29 is 14.7 Å². The van der Waals surface area contributed by atoms with Gasteiger partial charge in [-0.1, -0.05) is 24.3 Å². The first-order chi connectivity index (χ1) is 7.86. The van der Waals surface area contributed by atoms with Gasteiger partial charge in [-0.2, -0.15) is 0 Å². The molecule has 0 aliphatic heterocycles. The number of carbonyl (C=O) groups excluding carboxylic acids is 1. The van der Waals surface area contributed by atoms with E-state index in [0.29, 0.717) is 0 Å². The van der Waals surface area contributed by atoms with Crippen LogP contribution >= 0.6 is 0 Å². The van der Waals surface area contributed by atoms with Crippen LogP contribution in [0.3, 0.4) is 0 Å². The lowest BCUT2D eigenvalue weighted by molar-refractivity contribution is -0.138. The van der Waals surface area contributed by atoms with Gasteiger partial charge in [-0.3, -0.25) is 4.79 Å². The molecule has 0 aromatic heterocycles. The van der Waals surface area contributed by atoms with Crippen LogP contribution in [0.5, 0.6) is 0 Å². The molecule has 0 heterocycles. The molecule has 1 unspecified atom stereocenters. The van der Waals surface area contributed by atoms with Gasteiger partial charge >= 0.3 is 5.97 Å². The number of nitrogens with two attached hydrogens (primary N) is 1. The maximum atomic E-state index is 10.9. The van der Waals surface area contributed by atoms with Gasteiger partial charge in [0.05, 0.1) is 0 Å². The lowest BCUT2D eigenvalue weighted by Crippen LogP contribution is -2.32. The van der Waals surface area contributed by atoms with E-state index < -0.39 is 17.4 Å². The SMILES string of the molecule is CC(C)(C=O)c1ccc(CC(N)C(=O)O)cc1. The predicted octanol–water partition coefficient (Wildman–Crippen LogP) is 1.12. The van der Waals surface area contributed by atoms with Gasteiger partial charge in [-0.15, -0.1) is 0 Å². The quantitative estimate of drug-likeness (QED) is 0.749. The predicted molar refractivity (Wildman–Crippen MR) is 64.8 cm³/mol. The Balaban J connectivity index is 2.82. The average molecular weight is 235 g/mol. The van der Waals surface area contributed by atoms with Gasteiger partial charge in [-0.25, -0.2) is 0 Å². The molecular weight excluding hydrogens is 218 g/mol. The molecule has 0 aliphatic rings. The topological polar surface area (TPSA) is 80.4 Å². The number of carboxylic acid groups (broad SMARTS) is 1. The molecule has 1 atom stereocenters. The maximum Gasteiger partial charge on any atom is 0.320 e. The van der Waals surface area contributed by atoms with Crippen molar-refractivity contribution in [3.05, 3.63) is 35.4 Å². The Morgan fingerprint density at radius 2 is 1.94 bits per heavy atom. The summed E-state index contributed by atoms with van der Waals surface area (Å²) in [5.41, 5.74) is 6.68. The lowest BCUT2D eigenvalue weighted by Gasteiger charge is -2.17. The summed E-state index contributed by atoms with van der Waals surface area (Å²) >= 11 is 0. The first-order valence-corrected chi connectivity index (χ1v) is 5.41. The molecule has 0 saturated carbocycles. The minimum absolute atomic E-state index is 0.289. The molecule has 0 saturated heterocycles. The van der Waals surface area contributed by atoms with Gasteiger partial charge in [0.15, 0.2) is 0 Å². The van der Waals surface area contributed by atoms with E-state index >= 15 is 0 Å². The minimum Gasteiger partial charge on any atom is -0.480 e. The molecule has 17 heavy (non-hydrogen) atoms. The second kappa shape index (κ2) is 5.10. The minimum atomic E-state index is -1.01. The van der Waals surface area contributed by atoms with Gasteiger partial charge in [-0.05, 0) is 31.4 Å². The van der Waals surface area contributed by atoms with Crippen LogP contribution in [0, 0.1) is 0 Å². The van der Waals surface area contributed by atoms with Gasteiger partial charge in [0.1, 0.15) is 12.3 Å². The summed E-state index contributed by atoms with van der Waals surface area (Å²) in [6, 6.07) is 6.39. The largest absolute Gasteiger partial charge is 0.480 e. The Kier molecular flexibility index (Phi) is 4.02. The normalized spacial score (nSPS) is 13.1. The van der Waals surface area contributed by atoms with E-state index in [1.165, 1.54) is 0 Å². The number of hydrogen-bond donors (Lipinski definition) is 2. The Hall–Kier alpha value is -1.68. The fourth-order valence-corrected chi connectivity index (χ4v) is 1.48. The molecule has 0 fully saturated rings. The molecule has 0 spiro atoms.